The summed E-state index contributed by atoms with van der Waals surface area (Å²) in [6.07, 6.45) is 3.38. The van der Waals surface area contributed by atoms with Gasteiger partial charge >= 0.3 is 0 Å². The van der Waals surface area contributed by atoms with Gasteiger partial charge in [-0.05, 0) is 48.9 Å². The SMILES string of the molecule is COCC(=O)Nc1cc(C(=O)N[C@H](C)c2cccc(OC)c2)c2c(c1)nc(-c1ccncc1)n2C. The summed E-state index contributed by atoms with van der Waals surface area (Å²) in [5, 5.41) is 5.83. The lowest BCUT2D eigenvalue weighted by molar-refractivity contribution is -0.119. The van der Waals surface area contributed by atoms with Crippen molar-refractivity contribution in [3.05, 3.63) is 72.1 Å². The van der Waals surface area contributed by atoms with Crippen LogP contribution in [0.2, 0.25) is 0 Å². The van der Waals surface area contributed by atoms with Gasteiger partial charge in [0.1, 0.15) is 18.2 Å². The third-order valence-electron chi connectivity index (χ3n) is 5.65. The summed E-state index contributed by atoms with van der Waals surface area (Å²) in [6, 6.07) is 14.4. The zero-order valence-corrected chi connectivity index (χ0v) is 20.0. The van der Waals surface area contributed by atoms with Crippen molar-refractivity contribution in [3.8, 4) is 17.1 Å². The second-order valence-electron chi connectivity index (χ2n) is 8.07. The molecule has 0 spiro atoms. The Kier molecular flexibility index (Phi) is 7.07. The van der Waals surface area contributed by atoms with Crippen LogP contribution in [0.4, 0.5) is 5.69 Å². The van der Waals surface area contributed by atoms with Gasteiger partial charge < -0.3 is 24.7 Å². The number of benzene rings is 2. The van der Waals surface area contributed by atoms with Gasteiger partial charge in [0.15, 0.2) is 0 Å². The molecule has 0 saturated heterocycles. The van der Waals surface area contributed by atoms with Crippen molar-refractivity contribution in [1.82, 2.24) is 19.9 Å². The highest BCUT2D eigenvalue weighted by molar-refractivity contribution is 6.08. The number of hydrogen-bond acceptors (Lipinski definition) is 6. The summed E-state index contributed by atoms with van der Waals surface area (Å²) < 4.78 is 12.1. The molecule has 0 bridgehead atoms. The number of amides is 2. The summed E-state index contributed by atoms with van der Waals surface area (Å²) in [6.45, 7) is 1.80. The number of anilines is 1. The van der Waals surface area contributed by atoms with Gasteiger partial charge in [-0.1, -0.05) is 12.1 Å². The molecule has 0 unspecified atom stereocenters. The highest BCUT2D eigenvalue weighted by Gasteiger charge is 2.21. The van der Waals surface area contributed by atoms with E-state index in [0.717, 1.165) is 11.1 Å². The number of carbonyl (C=O) groups is 2. The molecule has 0 aliphatic carbocycles. The zero-order valence-electron chi connectivity index (χ0n) is 20.0. The molecule has 4 rings (SSSR count). The molecule has 0 radical (unpaired) electrons. The summed E-state index contributed by atoms with van der Waals surface area (Å²) in [5.74, 6) is 0.769. The molecule has 0 aliphatic heterocycles. The Labute approximate surface area is 203 Å². The first-order chi connectivity index (χ1) is 16.9. The van der Waals surface area contributed by atoms with Gasteiger partial charge in [0.05, 0.1) is 29.7 Å². The Bertz CT molecular complexity index is 1370. The van der Waals surface area contributed by atoms with Crippen LogP contribution in [0.25, 0.3) is 22.4 Å². The molecule has 35 heavy (non-hydrogen) atoms. The number of hydrogen-bond donors (Lipinski definition) is 2. The molecule has 0 fully saturated rings. The fourth-order valence-corrected chi connectivity index (χ4v) is 3.95. The number of aryl methyl sites for hydroxylation is 1. The number of methoxy groups -OCH3 is 2. The number of carbonyl (C=O) groups excluding carboxylic acids is 2. The molecule has 9 heteroatoms. The lowest BCUT2D eigenvalue weighted by Gasteiger charge is -2.17. The Morgan fingerprint density at radius 2 is 1.86 bits per heavy atom. The van der Waals surface area contributed by atoms with Gasteiger partial charge in [-0.2, -0.15) is 0 Å². The lowest BCUT2D eigenvalue weighted by Crippen LogP contribution is -2.27. The summed E-state index contributed by atoms with van der Waals surface area (Å²) >= 11 is 0. The van der Waals surface area contributed by atoms with E-state index in [9.17, 15) is 9.59 Å². The van der Waals surface area contributed by atoms with Crippen LogP contribution in [0, 0.1) is 0 Å². The van der Waals surface area contributed by atoms with Crippen LogP contribution in [-0.2, 0) is 16.6 Å². The molecule has 1 atom stereocenters. The highest BCUT2D eigenvalue weighted by Crippen LogP contribution is 2.29. The molecular weight excluding hydrogens is 446 g/mol. The van der Waals surface area contributed by atoms with Crippen molar-refractivity contribution in [2.75, 3.05) is 26.1 Å². The monoisotopic (exact) mass is 473 g/mol. The molecule has 180 valence electrons. The number of imidazole rings is 1. The highest BCUT2D eigenvalue weighted by atomic mass is 16.5. The smallest absolute Gasteiger partial charge is 0.254 e. The molecule has 4 aromatic rings. The number of aromatic nitrogens is 3. The van der Waals surface area contributed by atoms with E-state index < -0.39 is 0 Å². The quantitative estimate of drug-likeness (QED) is 0.404. The fraction of sp³-hybridized carbons (Fsp3) is 0.231. The van der Waals surface area contributed by atoms with E-state index >= 15 is 0 Å². The Hall–Kier alpha value is -4.24. The predicted molar refractivity (Wildman–Crippen MR) is 133 cm³/mol. The standard InChI is InChI=1S/C26H27N5O4/c1-16(18-6-5-7-20(12-18)35-4)28-26(33)21-13-19(29-23(32)15-34-3)14-22-24(21)31(2)25(30-22)17-8-10-27-11-9-17/h5-14,16H,15H2,1-4H3,(H,28,33)(H,29,32)/t16-/m1/s1. The third-order valence-corrected chi connectivity index (χ3v) is 5.65. The van der Waals surface area contributed by atoms with Gasteiger partial charge in [0.25, 0.3) is 5.91 Å². The maximum Gasteiger partial charge on any atom is 0.254 e. The fourth-order valence-electron chi connectivity index (χ4n) is 3.95. The molecule has 0 aliphatic rings. The summed E-state index contributed by atoms with van der Waals surface area (Å²) in [5.41, 5.74) is 3.84. The van der Waals surface area contributed by atoms with Crippen LogP contribution in [0.5, 0.6) is 5.75 Å². The van der Waals surface area contributed by atoms with Crippen molar-refractivity contribution in [2.24, 2.45) is 7.05 Å². The molecule has 2 aromatic heterocycles. The average Bonchev–Trinajstić information content (AvgIpc) is 3.20. The van der Waals surface area contributed by atoms with E-state index in [2.05, 4.69) is 15.6 Å². The van der Waals surface area contributed by atoms with E-state index in [1.807, 2.05) is 54.9 Å². The van der Waals surface area contributed by atoms with E-state index in [-0.39, 0.29) is 24.5 Å². The topological polar surface area (TPSA) is 107 Å². The van der Waals surface area contributed by atoms with Crippen molar-refractivity contribution in [2.45, 2.75) is 13.0 Å². The van der Waals surface area contributed by atoms with Crippen LogP contribution in [-0.4, -0.2) is 47.2 Å². The van der Waals surface area contributed by atoms with Crippen molar-refractivity contribution < 1.29 is 19.1 Å². The van der Waals surface area contributed by atoms with E-state index in [4.69, 9.17) is 14.5 Å². The van der Waals surface area contributed by atoms with Crippen molar-refractivity contribution in [3.63, 3.8) is 0 Å². The number of ether oxygens (including phenoxy) is 2. The Morgan fingerprint density at radius 1 is 1.09 bits per heavy atom. The number of nitrogens with one attached hydrogen (secondary N) is 2. The summed E-state index contributed by atoms with van der Waals surface area (Å²) in [4.78, 5) is 34.5. The van der Waals surface area contributed by atoms with E-state index in [0.29, 0.717) is 33.9 Å². The molecule has 2 amide bonds. The minimum absolute atomic E-state index is 0.100. The van der Waals surface area contributed by atoms with Gasteiger partial charge in [0.2, 0.25) is 5.91 Å². The molecule has 2 aromatic carbocycles. The maximum absolute atomic E-state index is 13.5. The van der Waals surface area contributed by atoms with Crippen LogP contribution in [0.3, 0.4) is 0 Å². The van der Waals surface area contributed by atoms with Gasteiger partial charge in [-0.25, -0.2) is 4.98 Å². The first-order valence-electron chi connectivity index (χ1n) is 11.1. The normalized spacial score (nSPS) is 11.8. The van der Waals surface area contributed by atoms with Crippen molar-refractivity contribution in [1.29, 1.82) is 0 Å². The molecular formula is C26H27N5O4. The van der Waals surface area contributed by atoms with E-state index in [1.165, 1.54) is 7.11 Å². The molecule has 2 N–H and O–H groups in total. The minimum atomic E-state index is -0.326. The average molecular weight is 474 g/mol. The number of rotatable bonds is 8. The third kappa shape index (κ3) is 5.15. The number of pyridine rings is 1. The van der Waals surface area contributed by atoms with E-state index in [1.54, 1.807) is 31.6 Å². The van der Waals surface area contributed by atoms with Gasteiger partial charge in [-0.15, -0.1) is 0 Å². The minimum Gasteiger partial charge on any atom is -0.497 e. The second kappa shape index (κ2) is 10.4. The van der Waals surface area contributed by atoms with Crippen LogP contribution >= 0.6 is 0 Å². The molecule has 9 nitrogen and oxygen atoms in total. The Balaban J connectivity index is 1.76. The Morgan fingerprint density at radius 3 is 2.57 bits per heavy atom. The number of fused-ring (bicyclic) bond motifs is 1. The maximum atomic E-state index is 13.5. The van der Waals surface area contributed by atoms with Gasteiger partial charge in [0, 0.05) is 37.8 Å². The van der Waals surface area contributed by atoms with Crippen LogP contribution in [0.15, 0.2) is 60.9 Å². The van der Waals surface area contributed by atoms with Crippen LogP contribution in [0.1, 0.15) is 28.9 Å². The van der Waals surface area contributed by atoms with Gasteiger partial charge in [-0.3, -0.25) is 14.6 Å². The second-order valence-corrected chi connectivity index (χ2v) is 8.07. The van der Waals surface area contributed by atoms with Crippen molar-refractivity contribution >= 4 is 28.5 Å². The first kappa shape index (κ1) is 23.9. The summed E-state index contributed by atoms with van der Waals surface area (Å²) in [7, 11) is 4.91. The molecule has 2 heterocycles. The van der Waals surface area contributed by atoms with Crippen LogP contribution < -0.4 is 15.4 Å². The zero-order chi connectivity index (χ0) is 24.9. The largest absolute Gasteiger partial charge is 0.497 e. The predicted octanol–water partition coefficient (Wildman–Crippen LogP) is 3.72. The number of nitrogens with zero attached hydrogens (tertiary/aromatic N) is 3. The first-order valence-corrected chi connectivity index (χ1v) is 11.1. The lowest BCUT2D eigenvalue weighted by atomic mass is 10.1. The molecule has 0 saturated carbocycles.